The summed E-state index contributed by atoms with van der Waals surface area (Å²) in [5, 5.41) is 18.4. The number of hydrogen-bond acceptors (Lipinski definition) is 4. The lowest BCUT2D eigenvalue weighted by molar-refractivity contribution is 0.0950. The number of carbonyl (C=O) groups is 2. The number of benzene rings is 1. The van der Waals surface area contributed by atoms with Gasteiger partial charge in [-0.3, -0.25) is 9.59 Å². The first-order chi connectivity index (χ1) is 16.0. The predicted molar refractivity (Wildman–Crippen MR) is 133 cm³/mol. The van der Waals surface area contributed by atoms with Crippen molar-refractivity contribution in [3.05, 3.63) is 67.1 Å². The van der Waals surface area contributed by atoms with Gasteiger partial charge in [0.25, 0.3) is 11.5 Å². The molecule has 0 spiro atoms. The van der Waals surface area contributed by atoms with Crippen molar-refractivity contribution in [3.8, 4) is 0 Å². The van der Waals surface area contributed by atoms with E-state index in [0.29, 0.717) is 16.1 Å². The Hall–Kier alpha value is -2.84. The number of carboxylic acid groups (broad SMARTS) is 1. The van der Waals surface area contributed by atoms with Gasteiger partial charge < -0.3 is 26.0 Å². The van der Waals surface area contributed by atoms with Crippen molar-refractivity contribution in [1.82, 2.24) is 20.9 Å². The molecule has 1 unspecified atom stereocenters. The Morgan fingerprint density at radius 1 is 1.12 bits per heavy atom. The van der Waals surface area contributed by atoms with Gasteiger partial charge in [-0.25, -0.2) is 4.79 Å². The quantitative estimate of drug-likeness (QED) is 0.401. The fourth-order valence-electron chi connectivity index (χ4n) is 4.77. The number of aromatic amines is 1. The zero-order chi connectivity index (χ0) is 25.0. The third-order valence-corrected chi connectivity index (χ3v) is 6.80. The van der Waals surface area contributed by atoms with Gasteiger partial charge in [-0.05, 0) is 88.3 Å². The van der Waals surface area contributed by atoms with Crippen LogP contribution in [-0.2, 0) is 6.54 Å². The molecule has 1 aromatic carbocycles. The minimum atomic E-state index is -0.979. The number of carbonyl (C=O) groups excluding carboxylic acids is 1. The Balaban J connectivity index is 1.69. The number of rotatable bonds is 7. The van der Waals surface area contributed by atoms with E-state index in [9.17, 15) is 14.4 Å². The number of aromatic nitrogens is 1. The average molecular weight is 489 g/mol. The SMILES string of the molecule is Cc1cc(C)c(CNC(=O)c2cc(Cl)cc(C(C)NC3CCC(NC(=O)O)CC3)c2C)c(=O)[nH]1. The van der Waals surface area contributed by atoms with Crippen LogP contribution in [0.5, 0.6) is 0 Å². The lowest BCUT2D eigenvalue weighted by Crippen LogP contribution is -2.42. The molecule has 1 heterocycles. The summed E-state index contributed by atoms with van der Waals surface area (Å²) in [6, 6.07) is 5.62. The lowest BCUT2D eigenvalue weighted by atomic mass is 9.89. The van der Waals surface area contributed by atoms with Crippen LogP contribution in [0.15, 0.2) is 23.0 Å². The highest BCUT2D eigenvalue weighted by atomic mass is 35.5. The molecule has 0 aliphatic heterocycles. The van der Waals surface area contributed by atoms with Crippen molar-refractivity contribution in [2.45, 2.75) is 78.0 Å². The molecule has 1 aliphatic rings. The molecule has 2 amide bonds. The molecule has 1 atom stereocenters. The Bertz CT molecular complexity index is 1120. The number of H-pyrrole nitrogens is 1. The van der Waals surface area contributed by atoms with Crippen LogP contribution in [0.2, 0.25) is 5.02 Å². The molecule has 5 N–H and O–H groups in total. The van der Waals surface area contributed by atoms with E-state index < -0.39 is 6.09 Å². The smallest absolute Gasteiger partial charge is 0.404 e. The molecule has 1 fully saturated rings. The first-order valence-corrected chi connectivity index (χ1v) is 12.0. The molecule has 0 bridgehead atoms. The maximum atomic E-state index is 13.0. The van der Waals surface area contributed by atoms with Crippen molar-refractivity contribution < 1.29 is 14.7 Å². The number of amides is 2. The Labute approximate surface area is 204 Å². The molecule has 8 nitrogen and oxygen atoms in total. The molecule has 0 saturated heterocycles. The fourth-order valence-corrected chi connectivity index (χ4v) is 5.00. The molecule has 1 aliphatic carbocycles. The zero-order valence-electron chi connectivity index (χ0n) is 20.0. The minimum Gasteiger partial charge on any atom is -0.465 e. The molecular weight excluding hydrogens is 456 g/mol. The first kappa shape index (κ1) is 25.8. The van der Waals surface area contributed by atoms with E-state index in [0.717, 1.165) is 48.1 Å². The van der Waals surface area contributed by atoms with Crippen molar-refractivity contribution >= 4 is 23.6 Å². The summed E-state index contributed by atoms with van der Waals surface area (Å²) < 4.78 is 0. The largest absolute Gasteiger partial charge is 0.465 e. The summed E-state index contributed by atoms with van der Waals surface area (Å²) in [5.74, 6) is -0.284. The maximum absolute atomic E-state index is 13.0. The molecule has 1 aromatic heterocycles. The number of hydrogen-bond donors (Lipinski definition) is 5. The summed E-state index contributed by atoms with van der Waals surface area (Å²) in [5.41, 5.74) is 4.18. The van der Waals surface area contributed by atoms with E-state index in [4.69, 9.17) is 16.7 Å². The topological polar surface area (TPSA) is 123 Å². The molecule has 2 aromatic rings. The van der Waals surface area contributed by atoms with E-state index in [1.54, 1.807) is 6.07 Å². The molecule has 3 rings (SSSR count). The first-order valence-electron chi connectivity index (χ1n) is 11.6. The molecule has 184 valence electrons. The Morgan fingerprint density at radius 3 is 2.38 bits per heavy atom. The normalized spacial score (nSPS) is 18.9. The molecule has 1 saturated carbocycles. The highest BCUT2D eigenvalue weighted by molar-refractivity contribution is 6.31. The number of pyridine rings is 1. The summed E-state index contributed by atoms with van der Waals surface area (Å²) in [4.78, 5) is 38.9. The van der Waals surface area contributed by atoms with Gasteiger partial charge in [0.2, 0.25) is 0 Å². The van der Waals surface area contributed by atoms with Crippen LogP contribution < -0.4 is 21.5 Å². The lowest BCUT2D eigenvalue weighted by Gasteiger charge is -2.32. The third-order valence-electron chi connectivity index (χ3n) is 6.58. The predicted octanol–water partition coefficient (Wildman–Crippen LogP) is 4.11. The number of aryl methyl sites for hydroxylation is 2. The van der Waals surface area contributed by atoms with Crippen LogP contribution >= 0.6 is 11.6 Å². The van der Waals surface area contributed by atoms with Crippen molar-refractivity contribution in [2.75, 3.05) is 0 Å². The number of nitrogens with one attached hydrogen (secondary N) is 4. The molecular formula is C25H33ClN4O4. The van der Waals surface area contributed by atoms with Gasteiger partial charge >= 0.3 is 6.09 Å². The maximum Gasteiger partial charge on any atom is 0.404 e. The van der Waals surface area contributed by atoms with E-state index in [2.05, 4.69) is 20.9 Å². The van der Waals surface area contributed by atoms with Gasteiger partial charge in [-0.2, -0.15) is 0 Å². The number of halogens is 1. The van der Waals surface area contributed by atoms with E-state index >= 15 is 0 Å². The second-order valence-corrected chi connectivity index (χ2v) is 9.62. The van der Waals surface area contributed by atoms with Crippen LogP contribution in [0.4, 0.5) is 4.79 Å². The second kappa shape index (κ2) is 11.1. The van der Waals surface area contributed by atoms with Gasteiger partial charge in [-0.15, -0.1) is 0 Å². The van der Waals surface area contributed by atoms with Crippen LogP contribution in [0.25, 0.3) is 0 Å². The third kappa shape index (κ3) is 6.39. The van der Waals surface area contributed by atoms with Crippen molar-refractivity contribution in [2.24, 2.45) is 0 Å². The summed E-state index contributed by atoms with van der Waals surface area (Å²) in [7, 11) is 0. The summed E-state index contributed by atoms with van der Waals surface area (Å²) >= 11 is 6.38. The van der Waals surface area contributed by atoms with E-state index in [1.165, 1.54) is 0 Å². The zero-order valence-corrected chi connectivity index (χ0v) is 20.8. The van der Waals surface area contributed by atoms with Gasteiger partial charge in [-0.1, -0.05) is 11.6 Å². The average Bonchev–Trinajstić information content (AvgIpc) is 2.75. The summed E-state index contributed by atoms with van der Waals surface area (Å²) in [6.45, 7) is 7.74. The Kier molecular flexibility index (Phi) is 8.38. The van der Waals surface area contributed by atoms with Gasteiger partial charge in [0.15, 0.2) is 0 Å². The van der Waals surface area contributed by atoms with Crippen molar-refractivity contribution in [1.29, 1.82) is 0 Å². The second-order valence-electron chi connectivity index (χ2n) is 9.18. The van der Waals surface area contributed by atoms with Crippen molar-refractivity contribution in [3.63, 3.8) is 0 Å². The molecule has 34 heavy (non-hydrogen) atoms. The van der Waals surface area contributed by atoms with Crippen LogP contribution in [0.3, 0.4) is 0 Å². The van der Waals surface area contributed by atoms with Crippen LogP contribution in [0.1, 0.15) is 77.0 Å². The fraction of sp³-hybridized carbons (Fsp3) is 0.480. The summed E-state index contributed by atoms with van der Waals surface area (Å²) in [6.07, 6.45) is 2.33. The van der Waals surface area contributed by atoms with Gasteiger partial charge in [0.05, 0.1) is 0 Å². The highest BCUT2D eigenvalue weighted by Crippen LogP contribution is 2.28. The van der Waals surface area contributed by atoms with Crippen LogP contribution in [0, 0.1) is 20.8 Å². The Morgan fingerprint density at radius 2 is 1.76 bits per heavy atom. The van der Waals surface area contributed by atoms with E-state index in [1.807, 2.05) is 39.8 Å². The van der Waals surface area contributed by atoms with E-state index in [-0.39, 0.29) is 36.1 Å². The standard InChI is InChI=1S/C25H33ClN4O4/c1-13-9-14(2)28-24(32)22(13)12-27-23(31)21-11-17(26)10-20(15(21)3)16(4)29-18-5-7-19(8-6-18)30-25(33)34/h9-11,16,18-19,29-30H,5-8,12H2,1-4H3,(H,27,31)(H,28,32)(H,33,34). The highest BCUT2D eigenvalue weighted by Gasteiger charge is 2.25. The van der Waals surface area contributed by atoms with Gasteiger partial charge in [0, 0.05) is 46.5 Å². The van der Waals surface area contributed by atoms with Crippen LogP contribution in [-0.4, -0.2) is 34.2 Å². The monoisotopic (exact) mass is 488 g/mol. The molecule has 0 radical (unpaired) electrons. The minimum absolute atomic E-state index is 0.00142. The molecule has 9 heteroatoms. The van der Waals surface area contributed by atoms with Gasteiger partial charge in [0.1, 0.15) is 0 Å².